The van der Waals surface area contributed by atoms with Crippen molar-refractivity contribution in [3.05, 3.63) is 50.7 Å². The Morgan fingerprint density at radius 3 is 2.35 bits per heavy atom. The van der Waals surface area contributed by atoms with Crippen LogP contribution in [0.5, 0.6) is 0 Å². The number of likely N-dealkylation sites (N-methyl/N-ethyl adjacent to an activating group) is 1. The van der Waals surface area contributed by atoms with E-state index in [1.165, 1.54) is 16.2 Å². The van der Waals surface area contributed by atoms with Crippen molar-refractivity contribution >= 4 is 44.1 Å². The predicted octanol–water partition coefficient (Wildman–Crippen LogP) is 2.55. The SMILES string of the molecule is CC[NH+](CC)CCn1c(=N)n(CC(=O)c2ccc(Br)s2)c2ccccc21. The van der Waals surface area contributed by atoms with Crippen LogP contribution in [0.15, 0.2) is 40.2 Å². The van der Waals surface area contributed by atoms with E-state index in [-0.39, 0.29) is 12.3 Å². The number of rotatable bonds is 8. The van der Waals surface area contributed by atoms with Crippen molar-refractivity contribution < 1.29 is 9.69 Å². The fourth-order valence-corrected chi connectivity index (χ4v) is 4.56. The molecule has 2 aromatic heterocycles. The Morgan fingerprint density at radius 1 is 1.12 bits per heavy atom. The van der Waals surface area contributed by atoms with E-state index in [2.05, 4.69) is 29.8 Å². The topological polar surface area (TPSA) is 55.2 Å². The summed E-state index contributed by atoms with van der Waals surface area (Å²) < 4.78 is 4.79. The molecule has 0 spiro atoms. The first-order valence-corrected chi connectivity index (χ1v) is 10.5. The van der Waals surface area contributed by atoms with Crippen LogP contribution in [0.2, 0.25) is 0 Å². The zero-order valence-corrected chi connectivity index (χ0v) is 17.5. The molecule has 0 saturated carbocycles. The third-order valence-corrected chi connectivity index (χ3v) is 6.48. The van der Waals surface area contributed by atoms with Crippen LogP contribution in [0.4, 0.5) is 0 Å². The van der Waals surface area contributed by atoms with Gasteiger partial charge in [0.2, 0.25) is 5.62 Å². The molecule has 0 bridgehead atoms. The number of carbonyl (C=O) groups excluding carboxylic acids is 1. The van der Waals surface area contributed by atoms with Crippen molar-refractivity contribution in [1.82, 2.24) is 9.13 Å². The monoisotopic (exact) mass is 435 g/mol. The van der Waals surface area contributed by atoms with Crippen LogP contribution in [-0.2, 0) is 13.1 Å². The molecule has 0 aliphatic heterocycles. The zero-order chi connectivity index (χ0) is 18.7. The number of fused-ring (bicyclic) bond motifs is 1. The molecule has 3 rings (SSSR count). The maximum absolute atomic E-state index is 12.7. The van der Waals surface area contributed by atoms with Crippen LogP contribution < -0.4 is 10.5 Å². The summed E-state index contributed by atoms with van der Waals surface area (Å²) in [6.45, 7) is 8.48. The van der Waals surface area contributed by atoms with Crippen molar-refractivity contribution in [2.75, 3.05) is 19.6 Å². The first kappa shape index (κ1) is 19.1. The van der Waals surface area contributed by atoms with Crippen molar-refractivity contribution in [1.29, 1.82) is 5.41 Å². The highest BCUT2D eigenvalue weighted by molar-refractivity contribution is 9.11. The van der Waals surface area contributed by atoms with Crippen LogP contribution in [0.25, 0.3) is 11.0 Å². The largest absolute Gasteiger partial charge is 0.334 e. The summed E-state index contributed by atoms with van der Waals surface area (Å²) in [5, 5.41) is 8.65. The van der Waals surface area contributed by atoms with Gasteiger partial charge in [-0.1, -0.05) is 12.1 Å². The summed E-state index contributed by atoms with van der Waals surface area (Å²) in [5.41, 5.74) is 2.35. The van der Waals surface area contributed by atoms with Gasteiger partial charge in [0.05, 0.1) is 52.4 Å². The molecule has 0 atom stereocenters. The van der Waals surface area contributed by atoms with Gasteiger partial charge < -0.3 is 14.0 Å². The first-order chi connectivity index (χ1) is 12.5. The van der Waals surface area contributed by atoms with Gasteiger partial charge in [0.15, 0.2) is 5.78 Å². The summed E-state index contributed by atoms with van der Waals surface area (Å²) in [6, 6.07) is 11.7. The number of hydrogen-bond acceptors (Lipinski definition) is 3. The van der Waals surface area contributed by atoms with E-state index in [1.807, 2.05) is 45.5 Å². The lowest BCUT2D eigenvalue weighted by atomic mass is 10.3. The number of halogens is 1. The molecule has 0 aliphatic carbocycles. The molecule has 0 unspecified atom stereocenters. The van der Waals surface area contributed by atoms with Gasteiger partial charge in [-0.2, -0.15) is 0 Å². The van der Waals surface area contributed by atoms with Crippen LogP contribution in [0.1, 0.15) is 23.5 Å². The lowest BCUT2D eigenvalue weighted by Gasteiger charge is -2.15. The number of ketones is 1. The Kier molecular flexibility index (Phi) is 6.11. The smallest absolute Gasteiger partial charge is 0.203 e. The molecule has 2 N–H and O–H groups in total. The third-order valence-electron chi connectivity index (χ3n) is 4.81. The quantitative estimate of drug-likeness (QED) is 0.524. The van der Waals surface area contributed by atoms with Crippen molar-refractivity contribution in [3.63, 3.8) is 0 Å². The molecule has 0 aliphatic rings. The number of Topliss-reactive ketones (excluding diaryl/α,β-unsaturated/α-hetero) is 1. The maximum atomic E-state index is 12.7. The highest BCUT2D eigenvalue weighted by atomic mass is 79.9. The number of nitrogens with one attached hydrogen (secondary N) is 2. The lowest BCUT2D eigenvalue weighted by Crippen LogP contribution is -3.11. The Hall–Kier alpha value is -1.70. The van der Waals surface area contributed by atoms with Gasteiger partial charge >= 0.3 is 0 Å². The van der Waals surface area contributed by atoms with E-state index >= 15 is 0 Å². The van der Waals surface area contributed by atoms with E-state index < -0.39 is 0 Å². The number of imidazole rings is 1. The van der Waals surface area contributed by atoms with Crippen LogP contribution in [-0.4, -0.2) is 34.6 Å². The molecule has 0 amide bonds. The Labute approximate surface area is 165 Å². The summed E-state index contributed by atoms with van der Waals surface area (Å²) in [5.74, 6) is 0.0384. The molecule has 1 aromatic carbocycles. The van der Waals surface area contributed by atoms with Crippen molar-refractivity contribution in [2.24, 2.45) is 0 Å². The molecular weight excluding hydrogens is 412 g/mol. The first-order valence-electron chi connectivity index (χ1n) is 8.89. The molecule has 0 saturated heterocycles. The van der Waals surface area contributed by atoms with Gasteiger partial charge in [0.25, 0.3) is 0 Å². The molecule has 138 valence electrons. The molecule has 26 heavy (non-hydrogen) atoms. The Balaban J connectivity index is 1.94. The molecule has 2 heterocycles. The summed E-state index contributed by atoms with van der Waals surface area (Å²) >= 11 is 4.84. The fraction of sp³-hybridized carbons (Fsp3) is 0.368. The average molecular weight is 436 g/mol. The number of benzene rings is 1. The number of nitrogens with zero attached hydrogens (tertiary/aromatic N) is 2. The number of aromatic nitrogens is 2. The third kappa shape index (κ3) is 3.84. The fourth-order valence-electron chi connectivity index (χ4n) is 3.24. The minimum atomic E-state index is 0.0384. The second-order valence-electron chi connectivity index (χ2n) is 6.28. The van der Waals surface area contributed by atoms with Gasteiger partial charge in [-0.25, -0.2) is 0 Å². The van der Waals surface area contributed by atoms with Gasteiger partial charge in [-0.05, 0) is 54.0 Å². The average Bonchev–Trinajstić information content (AvgIpc) is 3.19. The molecule has 3 aromatic rings. The number of carbonyl (C=O) groups is 1. The van der Waals surface area contributed by atoms with Crippen LogP contribution in [0, 0.1) is 5.41 Å². The number of quaternary nitrogens is 1. The second-order valence-corrected chi connectivity index (χ2v) is 8.75. The minimum Gasteiger partial charge on any atom is -0.334 e. The Bertz CT molecular complexity index is 967. The van der Waals surface area contributed by atoms with Crippen molar-refractivity contribution in [2.45, 2.75) is 26.9 Å². The summed E-state index contributed by atoms with van der Waals surface area (Å²) in [7, 11) is 0. The van der Waals surface area contributed by atoms with Gasteiger partial charge in [-0.15, -0.1) is 11.3 Å². The highest BCUT2D eigenvalue weighted by Crippen LogP contribution is 2.23. The second kappa shape index (κ2) is 8.33. The van der Waals surface area contributed by atoms with Crippen LogP contribution >= 0.6 is 27.3 Å². The number of thiophene rings is 1. The summed E-state index contributed by atoms with van der Waals surface area (Å²) in [6.07, 6.45) is 0. The molecule has 5 nitrogen and oxygen atoms in total. The molecule has 7 heteroatoms. The van der Waals surface area contributed by atoms with E-state index in [0.29, 0.717) is 10.5 Å². The standard InChI is InChI=1S/C19H23BrN4OS/c1-3-22(4-2)11-12-23-14-7-5-6-8-15(14)24(19(23)21)13-16(25)17-9-10-18(20)26-17/h5-10,21H,3-4,11-13H2,1-2H3/p+1. The maximum Gasteiger partial charge on any atom is 0.203 e. The predicted molar refractivity (Wildman–Crippen MR) is 109 cm³/mol. The van der Waals surface area contributed by atoms with E-state index in [1.54, 1.807) is 0 Å². The normalized spacial score (nSPS) is 11.5. The number of hydrogen-bond donors (Lipinski definition) is 2. The van der Waals surface area contributed by atoms with Crippen molar-refractivity contribution in [3.8, 4) is 0 Å². The molecular formula is C19H24BrN4OS+. The van der Waals surface area contributed by atoms with E-state index in [4.69, 9.17) is 5.41 Å². The van der Waals surface area contributed by atoms with E-state index in [9.17, 15) is 4.79 Å². The minimum absolute atomic E-state index is 0.0384. The van der Waals surface area contributed by atoms with Crippen LogP contribution in [0.3, 0.4) is 0 Å². The highest BCUT2D eigenvalue weighted by Gasteiger charge is 2.16. The molecule has 0 radical (unpaired) electrons. The zero-order valence-electron chi connectivity index (χ0n) is 15.1. The number of para-hydroxylation sites is 2. The van der Waals surface area contributed by atoms with E-state index in [0.717, 1.165) is 41.0 Å². The van der Waals surface area contributed by atoms with Gasteiger partial charge in [0.1, 0.15) is 0 Å². The van der Waals surface area contributed by atoms with Gasteiger partial charge in [0, 0.05) is 0 Å². The molecule has 0 fully saturated rings. The Morgan fingerprint density at radius 2 is 1.77 bits per heavy atom. The lowest BCUT2D eigenvalue weighted by molar-refractivity contribution is -0.897. The van der Waals surface area contributed by atoms with Gasteiger partial charge in [-0.3, -0.25) is 10.2 Å². The summed E-state index contributed by atoms with van der Waals surface area (Å²) in [4.78, 5) is 14.9.